The number of hydrogen-bond acceptors (Lipinski definition) is 2. The van der Waals surface area contributed by atoms with Crippen molar-refractivity contribution in [1.82, 2.24) is 0 Å². The van der Waals surface area contributed by atoms with Gasteiger partial charge in [-0.2, -0.15) is 0 Å². The fraction of sp³-hybridized carbons (Fsp3) is 0.571. The van der Waals surface area contributed by atoms with Crippen LogP contribution in [0.5, 0.6) is 0 Å². The smallest absolute Gasteiger partial charge is 0.183 e. The van der Waals surface area contributed by atoms with Crippen molar-refractivity contribution in [2.45, 2.75) is 18.9 Å². The molecular formula is C7H11O3. The van der Waals surface area contributed by atoms with Gasteiger partial charge >= 0.3 is 0 Å². The van der Waals surface area contributed by atoms with Crippen LogP contribution in [0.15, 0.2) is 12.7 Å². The Balaban J connectivity index is 3.51. The second kappa shape index (κ2) is 5.14. The molecule has 0 aliphatic heterocycles. The molecule has 0 bridgehead atoms. The van der Waals surface area contributed by atoms with Gasteiger partial charge < -0.3 is 5.11 Å². The summed E-state index contributed by atoms with van der Waals surface area (Å²) in [6, 6.07) is 0. The third kappa shape index (κ3) is 3.37. The maximum absolute atomic E-state index is 10.5. The standard InChI is InChI=1S/C7H11O3/c1-2-6(9)7(10)4-3-5-8/h2,7,10H,1,3-5H2. The lowest BCUT2D eigenvalue weighted by molar-refractivity contribution is -0.122. The molecule has 0 fully saturated rings. The molecule has 0 aromatic heterocycles. The monoisotopic (exact) mass is 143 g/mol. The van der Waals surface area contributed by atoms with Crippen LogP contribution in [0.2, 0.25) is 0 Å². The molecule has 1 unspecified atom stereocenters. The van der Waals surface area contributed by atoms with E-state index in [0.717, 1.165) is 6.08 Å². The summed E-state index contributed by atoms with van der Waals surface area (Å²) >= 11 is 0. The molecule has 0 spiro atoms. The number of aliphatic hydroxyl groups excluding tert-OH is 1. The molecule has 0 aliphatic carbocycles. The summed E-state index contributed by atoms with van der Waals surface area (Å²) in [7, 11) is 0. The SMILES string of the molecule is C=CC(=O)C(O)CCC[O]. The van der Waals surface area contributed by atoms with Gasteiger partial charge in [0.05, 0.1) is 6.61 Å². The minimum atomic E-state index is -1.02. The number of ketones is 1. The fourth-order valence-corrected chi connectivity index (χ4v) is 0.555. The summed E-state index contributed by atoms with van der Waals surface area (Å²) in [5, 5.41) is 18.8. The Morgan fingerprint density at radius 1 is 1.70 bits per heavy atom. The predicted octanol–water partition coefficient (Wildman–Crippen LogP) is 0.313. The minimum absolute atomic E-state index is 0.244. The molecule has 0 saturated heterocycles. The van der Waals surface area contributed by atoms with Crippen molar-refractivity contribution in [3.8, 4) is 0 Å². The summed E-state index contributed by atoms with van der Waals surface area (Å²) in [4.78, 5) is 10.5. The molecule has 0 rings (SSSR count). The van der Waals surface area contributed by atoms with Crippen LogP contribution in [0.25, 0.3) is 0 Å². The molecular weight excluding hydrogens is 132 g/mol. The van der Waals surface area contributed by atoms with Crippen LogP contribution in [0.4, 0.5) is 0 Å². The lowest BCUT2D eigenvalue weighted by Crippen LogP contribution is -2.17. The highest BCUT2D eigenvalue weighted by Gasteiger charge is 2.09. The van der Waals surface area contributed by atoms with E-state index < -0.39 is 11.9 Å². The van der Waals surface area contributed by atoms with Gasteiger partial charge in [0, 0.05) is 0 Å². The molecule has 57 valence electrons. The molecule has 0 aromatic rings. The number of hydrogen-bond donors (Lipinski definition) is 1. The maximum Gasteiger partial charge on any atom is 0.183 e. The van der Waals surface area contributed by atoms with E-state index in [0.29, 0.717) is 6.42 Å². The van der Waals surface area contributed by atoms with Crippen LogP contribution in [-0.4, -0.2) is 23.6 Å². The summed E-state index contributed by atoms with van der Waals surface area (Å²) in [6.07, 6.45) is 0.622. The van der Waals surface area contributed by atoms with Gasteiger partial charge in [0.1, 0.15) is 6.10 Å². The predicted molar refractivity (Wildman–Crippen MR) is 36.0 cm³/mol. The maximum atomic E-state index is 10.5. The van der Waals surface area contributed by atoms with Crippen LogP contribution in [0.3, 0.4) is 0 Å². The lowest BCUT2D eigenvalue weighted by atomic mass is 10.1. The van der Waals surface area contributed by atoms with Crippen LogP contribution in [0, 0.1) is 0 Å². The number of rotatable bonds is 5. The molecule has 1 radical (unpaired) electrons. The highest BCUT2D eigenvalue weighted by Crippen LogP contribution is 1.97. The van der Waals surface area contributed by atoms with Crippen molar-refractivity contribution >= 4 is 5.78 Å². The highest BCUT2D eigenvalue weighted by atomic mass is 16.3. The van der Waals surface area contributed by atoms with Crippen molar-refractivity contribution < 1.29 is 15.0 Å². The van der Waals surface area contributed by atoms with Gasteiger partial charge in [0.2, 0.25) is 0 Å². The Bertz CT molecular complexity index is 120. The van der Waals surface area contributed by atoms with Crippen molar-refractivity contribution in [1.29, 1.82) is 0 Å². The average Bonchev–Trinajstić information content (AvgIpc) is 1.98. The number of carbonyl (C=O) groups excluding carboxylic acids is 1. The Morgan fingerprint density at radius 2 is 2.30 bits per heavy atom. The van der Waals surface area contributed by atoms with Gasteiger partial charge in [-0.05, 0) is 18.9 Å². The van der Waals surface area contributed by atoms with E-state index in [9.17, 15) is 9.90 Å². The molecule has 0 aromatic carbocycles. The zero-order valence-corrected chi connectivity index (χ0v) is 5.75. The largest absolute Gasteiger partial charge is 0.385 e. The van der Waals surface area contributed by atoms with E-state index in [1.165, 1.54) is 0 Å². The Kier molecular flexibility index (Phi) is 4.80. The first-order valence-electron chi connectivity index (χ1n) is 3.14. The second-order valence-corrected chi connectivity index (χ2v) is 1.97. The van der Waals surface area contributed by atoms with E-state index in [1.807, 2.05) is 0 Å². The topological polar surface area (TPSA) is 57.2 Å². The van der Waals surface area contributed by atoms with Gasteiger partial charge in [-0.1, -0.05) is 6.58 Å². The van der Waals surface area contributed by atoms with Crippen molar-refractivity contribution in [3.63, 3.8) is 0 Å². The van der Waals surface area contributed by atoms with Gasteiger partial charge in [0.15, 0.2) is 5.78 Å². The van der Waals surface area contributed by atoms with Crippen LogP contribution < -0.4 is 0 Å². The molecule has 1 N–H and O–H groups in total. The van der Waals surface area contributed by atoms with Gasteiger partial charge in [0.25, 0.3) is 0 Å². The van der Waals surface area contributed by atoms with Gasteiger partial charge in [-0.3, -0.25) is 4.79 Å². The molecule has 0 aliphatic rings. The third-order valence-electron chi connectivity index (χ3n) is 1.15. The van der Waals surface area contributed by atoms with E-state index in [2.05, 4.69) is 6.58 Å². The lowest BCUT2D eigenvalue weighted by Gasteiger charge is -2.02. The number of aliphatic hydroxyl groups is 1. The van der Waals surface area contributed by atoms with Crippen molar-refractivity contribution in [3.05, 3.63) is 12.7 Å². The first-order valence-corrected chi connectivity index (χ1v) is 3.14. The van der Waals surface area contributed by atoms with Crippen LogP contribution in [0.1, 0.15) is 12.8 Å². The first kappa shape index (κ1) is 9.33. The highest BCUT2D eigenvalue weighted by molar-refractivity contribution is 5.92. The van der Waals surface area contributed by atoms with Crippen LogP contribution in [-0.2, 0) is 9.90 Å². The molecule has 3 heteroatoms. The van der Waals surface area contributed by atoms with E-state index in [1.54, 1.807) is 0 Å². The summed E-state index contributed by atoms with van der Waals surface area (Å²) in [5.41, 5.74) is 0. The first-order chi connectivity index (χ1) is 4.72. The number of carbonyl (C=O) groups is 1. The summed E-state index contributed by atoms with van der Waals surface area (Å²) < 4.78 is 0. The third-order valence-corrected chi connectivity index (χ3v) is 1.15. The normalized spacial score (nSPS) is 12.6. The minimum Gasteiger partial charge on any atom is -0.385 e. The van der Waals surface area contributed by atoms with E-state index >= 15 is 0 Å². The molecule has 0 saturated carbocycles. The molecule has 0 amide bonds. The fourth-order valence-electron chi connectivity index (χ4n) is 0.555. The molecule has 3 nitrogen and oxygen atoms in total. The average molecular weight is 143 g/mol. The van der Waals surface area contributed by atoms with Crippen molar-refractivity contribution in [2.24, 2.45) is 0 Å². The van der Waals surface area contributed by atoms with Crippen molar-refractivity contribution in [2.75, 3.05) is 6.61 Å². The zero-order valence-electron chi connectivity index (χ0n) is 5.75. The Labute approximate surface area is 60.0 Å². The van der Waals surface area contributed by atoms with E-state index in [-0.39, 0.29) is 13.0 Å². The molecule has 1 atom stereocenters. The molecule has 10 heavy (non-hydrogen) atoms. The second-order valence-electron chi connectivity index (χ2n) is 1.97. The quantitative estimate of drug-likeness (QED) is 0.563. The van der Waals surface area contributed by atoms with Gasteiger partial charge in [-0.25, -0.2) is 5.11 Å². The summed E-state index contributed by atoms with van der Waals surface area (Å²) in [5.74, 6) is -0.409. The Hall–Kier alpha value is -0.670. The summed E-state index contributed by atoms with van der Waals surface area (Å²) in [6.45, 7) is 2.95. The van der Waals surface area contributed by atoms with Crippen LogP contribution >= 0.6 is 0 Å². The molecule has 0 heterocycles. The van der Waals surface area contributed by atoms with E-state index in [4.69, 9.17) is 5.11 Å². The van der Waals surface area contributed by atoms with Gasteiger partial charge in [-0.15, -0.1) is 0 Å². The zero-order chi connectivity index (χ0) is 7.98. The Morgan fingerprint density at radius 3 is 2.70 bits per heavy atom.